The predicted molar refractivity (Wildman–Crippen MR) is 116 cm³/mol. The number of nitrogens with zero attached hydrogens (tertiary/aromatic N) is 2. The summed E-state index contributed by atoms with van der Waals surface area (Å²) < 4.78 is 27.5. The molecule has 1 aliphatic rings. The fourth-order valence-electron chi connectivity index (χ4n) is 3.65. The molecular formula is C22H27ClN2O3S. The number of rotatable bonds is 5. The third-order valence-electron chi connectivity index (χ3n) is 5.36. The Balaban J connectivity index is 1.85. The van der Waals surface area contributed by atoms with Gasteiger partial charge in [-0.3, -0.25) is 4.79 Å². The molecule has 1 aliphatic heterocycles. The minimum absolute atomic E-state index is 0.00633. The van der Waals surface area contributed by atoms with E-state index < -0.39 is 10.0 Å². The largest absolute Gasteiger partial charge is 0.337 e. The number of amides is 1. The summed E-state index contributed by atoms with van der Waals surface area (Å²) in [5, 5.41) is 0.143. The van der Waals surface area contributed by atoms with Crippen LogP contribution in [0.1, 0.15) is 46.3 Å². The molecule has 3 rings (SSSR count). The molecule has 7 heteroatoms. The van der Waals surface area contributed by atoms with Crippen LogP contribution in [0.2, 0.25) is 5.02 Å². The molecule has 156 valence electrons. The Morgan fingerprint density at radius 1 is 1.07 bits per heavy atom. The molecule has 2 aromatic carbocycles. The topological polar surface area (TPSA) is 57.7 Å². The van der Waals surface area contributed by atoms with Gasteiger partial charge in [-0.2, -0.15) is 4.31 Å². The minimum atomic E-state index is -3.71. The van der Waals surface area contributed by atoms with Crippen LogP contribution < -0.4 is 0 Å². The van der Waals surface area contributed by atoms with E-state index in [4.69, 9.17) is 11.6 Å². The minimum Gasteiger partial charge on any atom is -0.337 e. The standard InChI is InChI=1S/C22H27ClN2O3S/c1-16-7-8-19(17(2)13-16)15-24(3)22(26)18-9-10-20(23)21(14-18)29(27,28)25-11-5-4-6-12-25/h7-10,13-14H,4-6,11-12,15H2,1-3H3. The zero-order valence-corrected chi connectivity index (χ0v) is 18.7. The second kappa shape index (κ2) is 8.86. The molecular weight excluding hydrogens is 408 g/mol. The van der Waals surface area contributed by atoms with Crippen LogP contribution in [-0.4, -0.2) is 43.7 Å². The van der Waals surface area contributed by atoms with Gasteiger partial charge in [-0.05, 0) is 56.0 Å². The van der Waals surface area contributed by atoms with Gasteiger partial charge in [0.05, 0.1) is 5.02 Å². The highest BCUT2D eigenvalue weighted by Gasteiger charge is 2.29. The van der Waals surface area contributed by atoms with Crippen LogP contribution >= 0.6 is 11.6 Å². The van der Waals surface area contributed by atoms with Gasteiger partial charge in [0, 0.05) is 32.2 Å². The summed E-state index contributed by atoms with van der Waals surface area (Å²) in [7, 11) is -2.00. The number of sulfonamides is 1. The second-order valence-corrected chi connectivity index (χ2v) is 10.0. The Bertz CT molecular complexity index is 1010. The lowest BCUT2D eigenvalue weighted by Gasteiger charge is -2.26. The summed E-state index contributed by atoms with van der Waals surface area (Å²) in [5.74, 6) is -0.239. The fourth-order valence-corrected chi connectivity index (χ4v) is 5.67. The van der Waals surface area contributed by atoms with Crippen LogP contribution in [0.3, 0.4) is 0 Å². The first-order valence-electron chi connectivity index (χ1n) is 9.81. The quantitative estimate of drug-likeness (QED) is 0.700. The molecule has 0 aromatic heterocycles. The van der Waals surface area contributed by atoms with Gasteiger partial charge in [-0.25, -0.2) is 8.42 Å². The molecule has 1 heterocycles. The van der Waals surface area contributed by atoms with Gasteiger partial charge in [-0.1, -0.05) is 41.8 Å². The monoisotopic (exact) mass is 434 g/mol. The number of carbonyl (C=O) groups excluding carboxylic acids is 1. The zero-order chi connectivity index (χ0) is 21.2. The molecule has 0 atom stereocenters. The highest BCUT2D eigenvalue weighted by molar-refractivity contribution is 7.89. The van der Waals surface area contributed by atoms with Gasteiger partial charge >= 0.3 is 0 Å². The lowest BCUT2D eigenvalue weighted by atomic mass is 10.1. The number of aryl methyl sites for hydroxylation is 2. The van der Waals surface area contributed by atoms with Crippen LogP contribution in [0.5, 0.6) is 0 Å². The summed E-state index contributed by atoms with van der Waals surface area (Å²) in [4.78, 5) is 14.6. The van der Waals surface area contributed by atoms with E-state index >= 15 is 0 Å². The zero-order valence-electron chi connectivity index (χ0n) is 17.1. The second-order valence-electron chi connectivity index (χ2n) is 7.70. The van der Waals surface area contributed by atoms with E-state index in [-0.39, 0.29) is 15.8 Å². The summed E-state index contributed by atoms with van der Waals surface area (Å²) in [6.45, 7) is 5.48. The Morgan fingerprint density at radius 2 is 1.76 bits per heavy atom. The molecule has 29 heavy (non-hydrogen) atoms. The van der Waals surface area contributed by atoms with Crippen LogP contribution in [-0.2, 0) is 16.6 Å². The maximum Gasteiger partial charge on any atom is 0.253 e. The Labute approximate surface area is 178 Å². The van der Waals surface area contributed by atoms with Crippen molar-refractivity contribution >= 4 is 27.5 Å². The van der Waals surface area contributed by atoms with E-state index in [1.807, 2.05) is 26.0 Å². The maximum absolute atomic E-state index is 13.0. The van der Waals surface area contributed by atoms with Gasteiger partial charge in [0.1, 0.15) is 4.90 Å². The van der Waals surface area contributed by atoms with E-state index in [9.17, 15) is 13.2 Å². The van der Waals surface area contributed by atoms with Crippen molar-refractivity contribution in [3.8, 4) is 0 Å². The third kappa shape index (κ3) is 4.82. The van der Waals surface area contributed by atoms with Gasteiger partial charge in [0.15, 0.2) is 0 Å². The third-order valence-corrected chi connectivity index (χ3v) is 7.74. The highest BCUT2D eigenvalue weighted by atomic mass is 35.5. The predicted octanol–water partition coefficient (Wildman–Crippen LogP) is 4.40. The average molecular weight is 435 g/mol. The normalized spacial score (nSPS) is 15.3. The van der Waals surface area contributed by atoms with Crippen molar-refractivity contribution in [3.05, 3.63) is 63.7 Å². The lowest BCUT2D eigenvalue weighted by molar-refractivity contribution is 0.0784. The van der Waals surface area contributed by atoms with Crippen molar-refractivity contribution in [3.63, 3.8) is 0 Å². The van der Waals surface area contributed by atoms with Crippen molar-refractivity contribution in [2.75, 3.05) is 20.1 Å². The van der Waals surface area contributed by atoms with Crippen molar-refractivity contribution in [2.24, 2.45) is 0 Å². The van der Waals surface area contributed by atoms with Crippen LogP contribution in [0.15, 0.2) is 41.3 Å². The fraction of sp³-hybridized carbons (Fsp3) is 0.409. The molecule has 0 N–H and O–H groups in total. The van der Waals surface area contributed by atoms with Gasteiger partial charge in [0.25, 0.3) is 5.91 Å². The number of halogens is 1. The Morgan fingerprint density at radius 3 is 2.41 bits per heavy atom. The van der Waals surface area contributed by atoms with Gasteiger partial charge < -0.3 is 4.90 Å². The number of carbonyl (C=O) groups is 1. The summed E-state index contributed by atoms with van der Waals surface area (Å²) in [6.07, 6.45) is 2.71. The van der Waals surface area contributed by atoms with Crippen molar-refractivity contribution in [2.45, 2.75) is 44.6 Å². The van der Waals surface area contributed by atoms with Crippen molar-refractivity contribution < 1.29 is 13.2 Å². The number of benzene rings is 2. The highest BCUT2D eigenvalue weighted by Crippen LogP contribution is 2.28. The van der Waals surface area contributed by atoms with E-state index in [1.165, 1.54) is 22.0 Å². The molecule has 0 bridgehead atoms. The van der Waals surface area contributed by atoms with Crippen LogP contribution in [0.4, 0.5) is 0 Å². The molecule has 0 saturated carbocycles. The molecule has 0 spiro atoms. The molecule has 1 amide bonds. The van der Waals surface area contributed by atoms with Crippen molar-refractivity contribution in [1.29, 1.82) is 0 Å². The van der Waals surface area contributed by atoms with E-state index in [0.717, 1.165) is 30.4 Å². The Hall–Kier alpha value is -1.89. The number of piperidine rings is 1. The van der Waals surface area contributed by atoms with Crippen LogP contribution in [0.25, 0.3) is 0 Å². The van der Waals surface area contributed by atoms with Gasteiger partial charge in [-0.15, -0.1) is 0 Å². The number of hydrogen-bond acceptors (Lipinski definition) is 3. The number of hydrogen-bond donors (Lipinski definition) is 0. The van der Waals surface area contributed by atoms with E-state index in [2.05, 4.69) is 6.07 Å². The van der Waals surface area contributed by atoms with E-state index in [0.29, 0.717) is 25.2 Å². The summed E-state index contributed by atoms with van der Waals surface area (Å²) in [5.41, 5.74) is 3.67. The van der Waals surface area contributed by atoms with Crippen molar-refractivity contribution in [1.82, 2.24) is 9.21 Å². The average Bonchev–Trinajstić information content (AvgIpc) is 2.70. The molecule has 5 nitrogen and oxygen atoms in total. The first-order chi connectivity index (χ1) is 13.7. The first-order valence-corrected chi connectivity index (χ1v) is 11.6. The maximum atomic E-state index is 13.0. The SMILES string of the molecule is Cc1ccc(CN(C)C(=O)c2ccc(Cl)c(S(=O)(=O)N3CCCCC3)c2)c(C)c1. The first kappa shape index (κ1) is 21.8. The molecule has 1 fully saturated rings. The molecule has 0 radical (unpaired) electrons. The van der Waals surface area contributed by atoms with E-state index in [1.54, 1.807) is 18.0 Å². The summed E-state index contributed by atoms with van der Waals surface area (Å²) >= 11 is 6.22. The lowest BCUT2D eigenvalue weighted by Crippen LogP contribution is -2.36. The Kier molecular flexibility index (Phi) is 6.66. The van der Waals surface area contributed by atoms with Gasteiger partial charge in [0.2, 0.25) is 10.0 Å². The molecule has 1 saturated heterocycles. The summed E-state index contributed by atoms with van der Waals surface area (Å²) in [6, 6.07) is 10.6. The molecule has 0 unspecified atom stereocenters. The smallest absolute Gasteiger partial charge is 0.253 e. The van der Waals surface area contributed by atoms with Crippen LogP contribution in [0, 0.1) is 13.8 Å². The molecule has 0 aliphatic carbocycles. The molecule has 2 aromatic rings.